The molecule has 0 bridgehead atoms. The van der Waals surface area contributed by atoms with Crippen LogP contribution in [-0.2, 0) is 0 Å². The molecule has 0 aliphatic rings. The minimum absolute atomic E-state index is 0.952. The molecule has 9 rings (SSSR count). The predicted molar refractivity (Wildman–Crippen MR) is 164 cm³/mol. The zero-order chi connectivity index (χ0) is 25.5. The lowest BCUT2D eigenvalue weighted by Crippen LogP contribution is -2.03. The van der Waals surface area contributed by atoms with Crippen molar-refractivity contribution in [3.63, 3.8) is 0 Å². The summed E-state index contributed by atoms with van der Waals surface area (Å²) >= 11 is 1.70. The van der Waals surface area contributed by atoms with E-state index in [1.165, 1.54) is 48.3 Å². The molecule has 0 N–H and O–H groups in total. The fourth-order valence-corrected chi connectivity index (χ4v) is 7.26. The van der Waals surface area contributed by atoms with E-state index in [4.69, 9.17) is 4.98 Å². The monoisotopic (exact) mass is 516 g/mol. The van der Waals surface area contributed by atoms with E-state index in [9.17, 15) is 0 Å². The first-order chi connectivity index (χ1) is 19.4. The van der Waals surface area contributed by atoms with Gasteiger partial charge in [0.25, 0.3) is 0 Å². The summed E-state index contributed by atoms with van der Waals surface area (Å²) in [5.41, 5.74) is 7.97. The van der Waals surface area contributed by atoms with Crippen molar-refractivity contribution in [1.29, 1.82) is 0 Å². The van der Waals surface area contributed by atoms with E-state index in [0.717, 1.165) is 27.1 Å². The SMILES string of the molecule is c1ccc2c(c1)c1ccccc1n2-c1cc2sc3nccnc3c2cc1-n1c2ccccc2c2ccccc21. The molecule has 9 aromatic rings. The van der Waals surface area contributed by atoms with Crippen molar-refractivity contribution < 1.29 is 0 Å². The number of hydrogen-bond donors (Lipinski definition) is 0. The normalized spacial score (nSPS) is 12.1. The molecule has 0 fully saturated rings. The maximum atomic E-state index is 4.74. The highest BCUT2D eigenvalue weighted by molar-refractivity contribution is 7.25. The zero-order valence-corrected chi connectivity index (χ0v) is 21.6. The summed E-state index contributed by atoms with van der Waals surface area (Å²) in [7, 11) is 0. The molecule has 4 nitrogen and oxygen atoms in total. The number of para-hydroxylation sites is 4. The average molecular weight is 517 g/mol. The third-order valence-electron chi connectivity index (χ3n) is 7.85. The van der Waals surface area contributed by atoms with Gasteiger partial charge >= 0.3 is 0 Å². The molecule has 182 valence electrons. The predicted octanol–water partition coefficient (Wildman–Crippen LogP) is 9.04. The standard InChI is InChI=1S/C34H20N4S/c1-5-13-26-21(9-1)22-10-2-6-14-27(22)37(26)30-19-25-32(39-34-33(25)35-17-18-36-34)20-31(30)38-28-15-7-3-11-23(28)24-12-4-8-16-29(24)38/h1-20H. The molecule has 4 heterocycles. The van der Waals surface area contributed by atoms with E-state index in [1.807, 2.05) is 0 Å². The average Bonchev–Trinajstić information content (AvgIpc) is 3.64. The van der Waals surface area contributed by atoms with Gasteiger partial charge in [-0.05, 0) is 36.4 Å². The summed E-state index contributed by atoms with van der Waals surface area (Å²) < 4.78 is 6.02. The van der Waals surface area contributed by atoms with E-state index in [1.54, 1.807) is 23.7 Å². The molecule has 0 saturated carbocycles. The van der Waals surface area contributed by atoms with Crippen LogP contribution in [0.1, 0.15) is 0 Å². The van der Waals surface area contributed by atoms with Crippen molar-refractivity contribution in [2.75, 3.05) is 0 Å². The van der Waals surface area contributed by atoms with Crippen LogP contribution in [0.4, 0.5) is 0 Å². The molecule has 0 atom stereocenters. The fraction of sp³-hybridized carbons (Fsp3) is 0. The number of benzene rings is 5. The first kappa shape index (κ1) is 21.0. The van der Waals surface area contributed by atoms with Gasteiger partial charge in [0.15, 0.2) is 0 Å². The van der Waals surface area contributed by atoms with Crippen LogP contribution >= 0.6 is 11.3 Å². The number of fused-ring (bicyclic) bond motifs is 9. The highest BCUT2D eigenvalue weighted by Gasteiger charge is 2.21. The van der Waals surface area contributed by atoms with Crippen molar-refractivity contribution in [2.45, 2.75) is 0 Å². The van der Waals surface area contributed by atoms with Gasteiger partial charge in [-0.1, -0.05) is 72.8 Å². The fourth-order valence-electron chi connectivity index (χ4n) is 6.24. The number of nitrogens with zero attached hydrogens (tertiary/aromatic N) is 4. The molecule has 39 heavy (non-hydrogen) atoms. The van der Waals surface area contributed by atoms with E-state index in [-0.39, 0.29) is 0 Å². The number of thiophene rings is 1. The molecule has 0 saturated heterocycles. The lowest BCUT2D eigenvalue weighted by atomic mass is 10.1. The van der Waals surface area contributed by atoms with Gasteiger partial charge in [0.05, 0.1) is 33.4 Å². The summed E-state index contributed by atoms with van der Waals surface area (Å²) in [4.78, 5) is 10.3. The first-order valence-electron chi connectivity index (χ1n) is 13.0. The number of rotatable bonds is 2. The molecule has 0 radical (unpaired) electrons. The van der Waals surface area contributed by atoms with Crippen molar-refractivity contribution >= 4 is 75.4 Å². The summed E-state index contributed by atoms with van der Waals surface area (Å²) in [6, 6.07) is 39.4. The van der Waals surface area contributed by atoms with Gasteiger partial charge in [-0.2, -0.15) is 0 Å². The second-order valence-corrected chi connectivity index (χ2v) is 10.9. The van der Waals surface area contributed by atoms with Crippen LogP contribution < -0.4 is 0 Å². The number of hydrogen-bond acceptors (Lipinski definition) is 3. The molecule has 0 unspecified atom stereocenters. The molecule has 5 aromatic carbocycles. The maximum absolute atomic E-state index is 4.74. The van der Waals surface area contributed by atoms with Gasteiger partial charge in [0.1, 0.15) is 10.3 Å². The molecule has 4 aromatic heterocycles. The third kappa shape index (κ3) is 2.82. The molecular formula is C34H20N4S. The van der Waals surface area contributed by atoms with Crippen LogP contribution in [0.15, 0.2) is 122 Å². The van der Waals surface area contributed by atoms with Crippen LogP contribution in [0.5, 0.6) is 0 Å². The Morgan fingerprint density at radius 2 is 0.897 bits per heavy atom. The second kappa shape index (κ2) is 7.76. The summed E-state index contributed by atoms with van der Waals surface area (Å²) in [6.07, 6.45) is 3.56. The van der Waals surface area contributed by atoms with E-state index < -0.39 is 0 Å². The Balaban J connectivity index is 1.53. The Hall–Kier alpha value is -5.00. The van der Waals surface area contributed by atoms with Gasteiger partial charge in [-0.15, -0.1) is 11.3 Å². The Labute approximate surface area is 227 Å². The largest absolute Gasteiger partial charge is 0.307 e. The maximum Gasteiger partial charge on any atom is 0.143 e. The van der Waals surface area contributed by atoms with Crippen LogP contribution in [0.3, 0.4) is 0 Å². The van der Waals surface area contributed by atoms with Gasteiger partial charge in [0, 0.05) is 44.0 Å². The van der Waals surface area contributed by atoms with Crippen molar-refractivity contribution in [3.8, 4) is 11.4 Å². The van der Waals surface area contributed by atoms with Crippen LogP contribution in [0.2, 0.25) is 0 Å². The van der Waals surface area contributed by atoms with Gasteiger partial charge in [-0.3, -0.25) is 4.98 Å². The van der Waals surface area contributed by atoms with Crippen LogP contribution in [0.25, 0.3) is 75.4 Å². The van der Waals surface area contributed by atoms with Gasteiger partial charge < -0.3 is 9.13 Å². The minimum atomic E-state index is 0.952. The highest BCUT2D eigenvalue weighted by Crippen LogP contribution is 2.42. The van der Waals surface area contributed by atoms with E-state index in [2.05, 4.69) is 123 Å². The summed E-state index contributed by atoms with van der Waals surface area (Å²) in [6.45, 7) is 0. The lowest BCUT2D eigenvalue weighted by Gasteiger charge is -2.17. The quantitative estimate of drug-likeness (QED) is 0.230. The lowest BCUT2D eigenvalue weighted by molar-refractivity contribution is 1.10. The van der Waals surface area contributed by atoms with E-state index in [0.29, 0.717) is 0 Å². The Morgan fingerprint density at radius 3 is 1.41 bits per heavy atom. The van der Waals surface area contributed by atoms with Crippen molar-refractivity contribution in [3.05, 3.63) is 122 Å². The van der Waals surface area contributed by atoms with Crippen molar-refractivity contribution in [1.82, 2.24) is 19.1 Å². The topological polar surface area (TPSA) is 35.6 Å². The Kier molecular flexibility index (Phi) is 4.18. The number of aromatic nitrogens is 4. The summed E-state index contributed by atoms with van der Waals surface area (Å²) in [5.74, 6) is 0. The molecular weight excluding hydrogens is 496 g/mol. The minimum Gasteiger partial charge on any atom is -0.307 e. The smallest absolute Gasteiger partial charge is 0.143 e. The molecule has 5 heteroatoms. The van der Waals surface area contributed by atoms with Crippen LogP contribution in [-0.4, -0.2) is 19.1 Å². The zero-order valence-electron chi connectivity index (χ0n) is 20.7. The summed E-state index contributed by atoms with van der Waals surface area (Å²) in [5, 5.41) is 6.12. The molecule has 0 amide bonds. The third-order valence-corrected chi connectivity index (χ3v) is 8.89. The first-order valence-corrected chi connectivity index (χ1v) is 13.8. The van der Waals surface area contributed by atoms with Crippen molar-refractivity contribution in [2.24, 2.45) is 0 Å². The van der Waals surface area contributed by atoms with Crippen LogP contribution in [0, 0.1) is 0 Å². The Morgan fingerprint density at radius 1 is 0.462 bits per heavy atom. The molecule has 0 aliphatic carbocycles. The molecule has 0 spiro atoms. The highest BCUT2D eigenvalue weighted by atomic mass is 32.1. The second-order valence-electron chi connectivity index (χ2n) is 9.89. The van der Waals surface area contributed by atoms with Gasteiger partial charge in [0.2, 0.25) is 0 Å². The van der Waals surface area contributed by atoms with Gasteiger partial charge in [-0.25, -0.2) is 4.98 Å². The Bertz CT molecular complexity index is 2300. The van der Waals surface area contributed by atoms with E-state index >= 15 is 0 Å². The molecule has 0 aliphatic heterocycles.